The van der Waals surface area contributed by atoms with E-state index < -0.39 is 5.97 Å². The van der Waals surface area contributed by atoms with E-state index in [0.29, 0.717) is 13.1 Å². The number of halogens is 1. The Balaban J connectivity index is 2.00. The Morgan fingerprint density at radius 3 is 2.71 bits per heavy atom. The van der Waals surface area contributed by atoms with Crippen molar-refractivity contribution in [2.75, 3.05) is 13.6 Å². The van der Waals surface area contributed by atoms with Crippen LogP contribution in [0.4, 0.5) is 0 Å². The van der Waals surface area contributed by atoms with Crippen LogP contribution in [-0.2, 0) is 11.3 Å². The Morgan fingerprint density at radius 1 is 1.43 bits per heavy atom. The number of aliphatic carboxylic acids is 1. The lowest BCUT2D eigenvalue weighted by Gasteiger charge is -2.17. The smallest absolute Gasteiger partial charge is 0.307 e. The fourth-order valence-electron chi connectivity index (χ4n) is 2.10. The van der Waals surface area contributed by atoms with Gasteiger partial charge in [-0.25, -0.2) is 4.68 Å². The number of nitrogens with zero attached hydrogens (tertiary/aromatic N) is 3. The van der Waals surface area contributed by atoms with Gasteiger partial charge in [0.2, 0.25) is 0 Å². The average Bonchev–Trinajstić information content (AvgIpc) is 2.87. The Bertz CT molecular complexity index is 610. The molecule has 5 nitrogen and oxygen atoms in total. The summed E-state index contributed by atoms with van der Waals surface area (Å²) < 4.78 is 2.84. The predicted octanol–water partition coefficient (Wildman–Crippen LogP) is 2.79. The van der Waals surface area contributed by atoms with Crippen LogP contribution in [0.1, 0.15) is 12.5 Å². The van der Waals surface area contributed by atoms with Gasteiger partial charge in [0.05, 0.1) is 17.8 Å². The third-order valence-electron chi connectivity index (χ3n) is 3.19. The third-order valence-corrected chi connectivity index (χ3v) is 3.72. The molecule has 0 aliphatic carbocycles. The second kappa shape index (κ2) is 6.87. The number of aromatic nitrogens is 2. The molecule has 6 heteroatoms. The van der Waals surface area contributed by atoms with Gasteiger partial charge >= 0.3 is 5.97 Å². The minimum atomic E-state index is -0.771. The zero-order valence-corrected chi connectivity index (χ0v) is 13.6. The van der Waals surface area contributed by atoms with Gasteiger partial charge in [-0.3, -0.25) is 4.79 Å². The highest BCUT2D eigenvalue weighted by Gasteiger charge is 2.14. The standard InChI is InChI=1S/C15H18BrN3O2/c1-11(15(20)21)8-18(2)9-12-7-17-19(10-12)14-5-3-13(16)4-6-14/h3-7,10-11H,8-9H2,1-2H3,(H,20,21). The Morgan fingerprint density at radius 2 is 2.10 bits per heavy atom. The summed E-state index contributed by atoms with van der Waals surface area (Å²) in [5.74, 6) is -1.15. The van der Waals surface area contributed by atoms with Crippen LogP contribution >= 0.6 is 15.9 Å². The van der Waals surface area contributed by atoms with Crippen LogP contribution in [0.3, 0.4) is 0 Å². The molecule has 1 aromatic heterocycles. The number of carbonyl (C=O) groups is 1. The van der Waals surface area contributed by atoms with Crippen molar-refractivity contribution in [1.82, 2.24) is 14.7 Å². The number of benzene rings is 1. The maximum Gasteiger partial charge on any atom is 0.307 e. The molecule has 0 aliphatic heterocycles. The Labute approximate surface area is 132 Å². The van der Waals surface area contributed by atoms with Gasteiger partial charge in [-0.15, -0.1) is 0 Å². The van der Waals surface area contributed by atoms with Crippen molar-refractivity contribution >= 4 is 21.9 Å². The highest BCUT2D eigenvalue weighted by Crippen LogP contribution is 2.14. The molecule has 0 saturated heterocycles. The largest absolute Gasteiger partial charge is 0.481 e. The highest BCUT2D eigenvalue weighted by atomic mass is 79.9. The average molecular weight is 352 g/mol. The molecule has 1 N–H and O–H groups in total. The van der Waals surface area contributed by atoms with Crippen molar-refractivity contribution in [3.05, 3.63) is 46.7 Å². The normalized spacial score (nSPS) is 12.6. The molecular formula is C15H18BrN3O2. The molecule has 2 rings (SSSR count). The van der Waals surface area contributed by atoms with E-state index in [0.717, 1.165) is 15.7 Å². The molecule has 0 amide bonds. The van der Waals surface area contributed by atoms with Crippen molar-refractivity contribution in [2.24, 2.45) is 5.92 Å². The topological polar surface area (TPSA) is 58.4 Å². The number of hydrogen-bond donors (Lipinski definition) is 1. The first-order chi connectivity index (χ1) is 9.95. The zero-order valence-electron chi connectivity index (χ0n) is 12.0. The van der Waals surface area contributed by atoms with E-state index in [1.54, 1.807) is 6.92 Å². The summed E-state index contributed by atoms with van der Waals surface area (Å²) in [6.07, 6.45) is 3.77. The molecule has 1 atom stereocenters. The molecule has 0 bridgehead atoms. The summed E-state index contributed by atoms with van der Waals surface area (Å²) >= 11 is 3.41. The van der Waals surface area contributed by atoms with E-state index in [1.165, 1.54) is 0 Å². The van der Waals surface area contributed by atoms with Crippen molar-refractivity contribution < 1.29 is 9.90 Å². The fraction of sp³-hybridized carbons (Fsp3) is 0.333. The summed E-state index contributed by atoms with van der Waals surface area (Å²) in [5.41, 5.74) is 2.05. The quantitative estimate of drug-likeness (QED) is 0.869. The zero-order chi connectivity index (χ0) is 15.4. The summed E-state index contributed by atoms with van der Waals surface area (Å²) in [6, 6.07) is 7.91. The minimum absolute atomic E-state index is 0.378. The minimum Gasteiger partial charge on any atom is -0.481 e. The molecule has 0 radical (unpaired) electrons. The molecule has 2 aromatic rings. The van der Waals surface area contributed by atoms with E-state index in [4.69, 9.17) is 5.11 Å². The molecule has 0 saturated carbocycles. The van der Waals surface area contributed by atoms with Gasteiger partial charge in [0.25, 0.3) is 0 Å². The predicted molar refractivity (Wildman–Crippen MR) is 84.4 cm³/mol. The second-order valence-electron chi connectivity index (χ2n) is 5.21. The van der Waals surface area contributed by atoms with E-state index in [1.807, 2.05) is 53.3 Å². The summed E-state index contributed by atoms with van der Waals surface area (Å²) in [4.78, 5) is 12.8. The first kappa shape index (κ1) is 15.7. The summed E-state index contributed by atoms with van der Waals surface area (Å²) in [7, 11) is 1.91. The van der Waals surface area contributed by atoms with Crippen molar-refractivity contribution in [2.45, 2.75) is 13.5 Å². The van der Waals surface area contributed by atoms with Gasteiger partial charge in [-0.05, 0) is 31.3 Å². The van der Waals surface area contributed by atoms with Gasteiger partial charge in [-0.2, -0.15) is 5.10 Å². The van der Waals surface area contributed by atoms with E-state index in [9.17, 15) is 4.79 Å². The van der Waals surface area contributed by atoms with Gasteiger partial charge in [0.1, 0.15) is 0 Å². The second-order valence-corrected chi connectivity index (χ2v) is 6.12. The van der Waals surface area contributed by atoms with Crippen LogP contribution in [0, 0.1) is 5.92 Å². The van der Waals surface area contributed by atoms with Crippen LogP contribution in [0.25, 0.3) is 5.69 Å². The fourth-order valence-corrected chi connectivity index (χ4v) is 2.36. The van der Waals surface area contributed by atoms with Gasteiger partial charge in [0.15, 0.2) is 0 Å². The van der Waals surface area contributed by atoms with E-state index in [2.05, 4.69) is 21.0 Å². The molecule has 0 fully saturated rings. The lowest BCUT2D eigenvalue weighted by molar-refractivity contribution is -0.141. The van der Waals surface area contributed by atoms with Crippen molar-refractivity contribution in [1.29, 1.82) is 0 Å². The Kier molecular flexibility index (Phi) is 5.14. The maximum atomic E-state index is 10.9. The van der Waals surface area contributed by atoms with Crippen molar-refractivity contribution in [3.8, 4) is 5.69 Å². The SMILES string of the molecule is CC(CN(C)Cc1cnn(-c2ccc(Br)cc2)c1)C(=O)O. The van der Waals surface area contributed by atoms with Crippen LogP contribution in [-0.4, -0.2) is 39.3 Å². The number of hydrogen-bond acceptors (Lipinski definition) is 3. The molecule has 1 heterocycles. The van der Waals surface area contributed by atoms with E-state index >= 15 is 0 Å². The van der Waals surface area contributed by atoms with Crippen LogP contribution in [0.2, 0.25) is 0 Å². The van der Waals surface area contributed by atoms with Crippen LogP contribution < -0.4 is 0 Å². The lowest BCUT2D eigenvalue weighted by Crippen LogP contribution is -2.28. The number of carboxylic acids is 1. The molecule has 1 aromatic carbocycles. The summed E-state index contributed by atoms with van der Waals surface area (Å²) in [5, 5.41) is 13.3. The number of rotatable bonds is 6. The third kappa shape index (κ3) is 4.41. The molecule has 21 heavy (non-hydrogen) atoms. The molecule has 1 unspecified atom stereocenters. The first-order valence-corrected chi connectivity index (χ1v) is 7.46. The number of carboxylic acid groups (broad SMARTS) is 1. The maximum absolute atomic E-state index is 10.9. The monoisotopic (exact) mass is 351 g/mol. The summed E-state index contributed by atoms with van der Waals surface area (Å²) in [6.45, 7) is 2.90. The molecule has 0 aliphatic rings. The molecular weight excluding hydrogens is 334 g/mol. The van der Waals surface area contributed by atoms with Gasteiger partial charge in [-0.1, -0.05) is 22.9 Å². The Hall–Kier alpha value is -1.66. The van der Waals surface area contributed by atoms with Crippen LogP contribution in [0.15, 0.2) is 41.1 Å². The van der Waals surface area contributed by atoms with E-state index in [-0.39, 0.29) is 5.92 Å². The van der Waals surface area contributed by atoms with Crippen LogP contribution in [0.5, 0.6) is 0 Å². The lowest BCUT2D eigenvalue weighted by atomic mass is 10.1. The molecule has 112 valence electrons. The van der Waals surface area contributed by atoms with Crippen molar-refractivity contribution in [3.63, 3.8) is 0 Å². The molecule has 0 spiro atoms. The van der Waals surface area contributed by atoms with Gasteiger partial charge in [0, 0.05) is 29.3 Å². The first-order valence-electron chi connectivity index (χ1n) is 6.66. The van der Waals surface area contributed by atoms with Gasteiger partial charge < -0.3 is 10.0 Å². The highest BCUT2D eigenvalue weighted by molar-refractivity contribution is 9.10.